The highest BCUT2D eigenvalue weighted by Gasteiger charge is 2.33. The van der Waals surface area contributed by atoms with Crippen LogP contribution < -0.4 is 0 Å². The molecule has 0 saturated carbocycles. The molecule has 2 heteroatoms. The van der Waals surface area contributed by atoms with Gasteiger partial charge in [-0.1, -0.05) is 44.2 Å². The van der Waals surface area contributed by atoms with Crippen molar-refractivity contribution in [1.82, 2.24) is 4.98 Å². The Morgan fingerprint density at radius 1 is 1.05 bits per heavy atom. The van der Waals surface area contributed by atoms with Gasteiger partial charge < -0.3 is 4.98 Å². The van der Waals surface area contributed by atoms with Crippen LogP contribution in [-0.4, -0.2) is 10.8 Å². The van der Waals surface area contributed by atoms with Crippen molar-refractivity contribution in [3.05, 3.63) is 47.7 Å². The van der Waals surface area contributed by atoms with E-state index in [1.165, 1.54) is 10.8 Å². The van der Waals surface area contributed by atoms with Gasteiger partial charge in [0.15, 0.2) is 5.78 Å². The van der Waals surface area contributed by atoms with Crippen molar-refractivity contribution >= 4 is 27.5 Å². The van der Waals surface area contributed by atoms with Gasteiger partial charge in [-0.05, 0) is 28.7 Å². The average Bonchev–Trinajstić information content (AvgIpc) is 2.75. The number of aromatic amines is 1. The van der Waals surface area contributed by atoms with E-state index >= 15 is 0 Å². The monoisotopic (exact) mass is 263 g/mol. The van der Waals surface area contributed by atoms with Crippen LogP contribution in [0.25, 0.3) is 21.7 Å². The van der Waals surface area contributed by atoms with Gasteiger partial charge in [0.2, 0.25) is 0 Å². The first kappa shape index (κ1) is 11.7. The van der Waals surface area contributed by atoms with Crippen molar-refractivity contribution in [2.45, 2.75) is 26.7 Å². The molecule has 1 aliphatic carbocycles. The normalized spacial score (nSPS) is 17.6. The topological polar surface area (TPSA) is 32.9 Å². The van der Waals surface area contributed by atoms with E-state index in [2.05, 4.69) is 43.1 Å². The Kier molecular flexibility index (Phi) is 2.18. The predicted molar refractivity (Wildman–Crippen MR) is 82.2 cm³/mol. The van der Waals surface area contributed by atoms with E-state index in [1.807, 2.05) is 12.1 Å². The lowest BCUT2D eigenvalue weighted by atomic mass is 9.75. The largest absolute Gasteiger partial charge is 0.358 e. The fourth-order valence-electron chi connectivity index (χ4n) is 3.53. The van der Waals surface area contributed by atoms with Crippen molar-refractivity contribution in [2.75, 3.05) is 0 Å². The molecule has 4 rings (SSSR count). The number of fused-ring (bicyclic) bond motifs is 5. The second kappa shape index (κ2) is 3.72. The molecule has 0 bridgehead atoms. The summed E-state index contributed by atoms with van der Waals surface area (Å²) in [6.07, 6.45) is 1.58. The molecule has 2 aromatic carbocycles. The van der Waals surface area contributed by atoms with Crippen LogP contribution >= 0.6 is 0 Å². The Balaban J connectivity index is 2.13. The second-order valence-corrected chi connectivity index (χ2v) is 6.63. The summed E-state index contributed by atoms with van der Waals surface area (Å²) >= 11 is 0. The van der Waals surface area contributed by atoms with Crippen molar-refractivity contribution in [3.63, 3.8) is 0 Å². The van der Waals surface area contributed by atoms with Crippen LogP contribution in [0.15, 0.2) is 36.4 Å². The maximum atomic E-state index is 12.6. The Morgan fingerprint density at radius 3 is 2.70 bits per heavy atom. The standard InChI is InChI=1S/C18H17NO/c1-18(2)9-14-17(15(20)10-18)16-12-6-4-3-5-11(12)7-8-13(16)19-14/h3-8,19H,9-10H2,1-2H3. The molecule has 0 atom stereocenters. The van der Waals surface area contributed by atoms with Gasteiger partial charge in [0, 0.05) is 28.6 Å². The zero-order valence-corrected chi connectivity index (χ0v) is 11.8. The molecule has 2 nitrogen and oxygen atoms in total. The van der Waals surface area contributed by atoms with E-state index in [-0.39, 0.29) is 11.2 Å². The predicted octanol–water partition coefficient (Wildman–Crippen LogP) is 4.48. The minimum atomic E-state index is 0.0563. The highest BCUT2D eigenvalue weighted by atomic mass is 16.1. The van der Waals surface area contributed by atoms with E-state index in [4.69, 9.17) is 0 Å². The molecule has 100 valence electrons. The lowest BCUT2D eigenvalue weighted by molar-refractivity contribution is 0.0913. The summed E-state index contributed by atoms with van der Waals surface area (Å²) in [5.74, 6) is 0.277. The number of ketones is 1. The molecule has 1 aromatic heterocycles. The first-order chi connectivity index (χ1) is 9.55. The summed E-state index contributed by atoms with van der Waals surface area (Å²) in [4.78, 5) is 16.1. The van der Waals surface area contributed by atoms with Gasteiger partial charge in [-0.25, -0.2) is 0 Å². The van der Waals surface area contributed by atoms with Crippen molar-refractivity contribution in [1.29, 1.82) is 0 Å². The molecule has 1 N–H and O–H groups in total. The first-order valence-electron chi connectivity index (χ1n) is 7.11. The van der Waals surface area contributed by atoms with E-state index in [9.17, 15) is 4.79 Å². The van der Waals surface area contributed by atoms with Crippen molar-refractivity contribution in [2.24, 2.45) is 5.41 Å². The Morgan fingerprint density at radius 2 is 1.85 bits per heavy atom. The summed E-state index contributed by atoms with van der Waals surface area (Å²) in [6.45, 7) is 4.33. The van der Waals surface area contributed by atoms with Gasteiger partial charge in [-0.3, -0.25) is 4.79 Å². The number of benzene rings is 2. The second-order valence-electron chi connectivity index (χ2n) is 6.63. The smallest absolute Gasteiger partial charge is 0.165 e. The number of Topliss-reactive ketones (excluding diaryl/α,β-unsaturated/α-hetero) is 1. The number of aromatic nitrogens is 1. The third-order valence-electron chi connectivity index (χ3n) is 4.34. The number of nitrogens with one attached hydrogen (secondary N) is 1. The minimum Gasteiger partial charge on any atom is -0.358 e. The number of hydrogen-bond acceptors (Lipinski definition) is 1. The quantitative estimate of drug-likeness (QED) is 0.637. The van der Waals surface area contributed by atoms with Crippen LogP contribution in [0.3, 0.4) is 0 Å². The van der Waals surface area contributed by atoms with Crippen molar-refractivity contribution < 1.29 is 4.79 Å². The van der Waals surface area contributed by atoms with Crippen LogP contribution in [0.1, 0.15) is 36.3 Å². The molecule has 0 saturated heterocycles. The summed E-state index contributed by atoms with van der Waals surface area (Å²) in [5, 5.41) is 3.48. The van der Waals surface area contributed by atoms with E-state index in [0.29, 0.717) is 6.42 Å². The summed E-state index contributed by atoms with van der Waals surface area (Å²) < 4.78 is 0. The molecule has 1 heterocycles. The molecule has 0 aliphatic heterocycles. The molecule has 0 unspecified atom stereocenters. The van der Waals surface area contributed by atoms with Gasteiger partial charge in [0.1, 0.15) is 0 Å². The molecule has 0 fully saturated rings. The molecule has 3 aromatic rings. The molecule has 0 spiro atoms. The fourth-order valence-corrected chi connectivity index (χ4v) is 3.53. The third kappa shape index (κ3) is 1.54. The van der Waals surface area contributed by atoms with Crippen LogP contribution in [0.2, 0.25) is 0 Å². The Hall–Kier alpha value is -2.09. The van der Waals surface area contributed by atoms with Crippen LogP contribution in [0.4, 0.5) is 0 Å². The lowest BCUT2D eigenvalue weighted by Crippen LogP contribution is -2.26. The van der Waals surface area contributed by atoms with Gasteiger partial charge in [0.25, 0.3) is 0 Å². The van der Waals surface area contributed by atoms with Crippen molar-refractivity contribution in [3.8, 4) is 0 Å². The van der Waals surface area contributed by atoms with Gasteiger partial charge in [-0.15, -0.1) is 0 Å². The van der Waals surface area contributed by atoms with Crippen LogP contribution in [0.5, 0.6) is 0 Å². The maximum absolute atomic E-state index is 12.6. The fraction of sp³-hybridized carbons (Fsp3) is 0.278. The van der Waals surface area contributed by atoms with E-state index in [1.54, 1.807) is 0 Å². The number of H-pyrrole nitrogens is 1. The summed E-state index contributed by atoms with van der Waals surface area (Å²) in [6, 6.07) is 12.5. The minimum absolute atomic E-state index is 0.0563. The first-order valence-corrected chi connectivity index (χ1v) is 7.11. The number of carbonyl (C=O) groups is 1. The number of carbonyl (C=O) groups excluding carboxylic acids is 1. The Labute approximate surface area is 117 Å². The molecular formula is C18H17NO. The molecule has 1 aliphatic rings. The summed E-state index contributed by atoms with van der Waals surface area (Å²) in [5.41, 5.74) is 3.18. The third-order valence-corrected chi connectivity index (χ3v) is 4.34. The van der Waals surface area contributed by atoms with Crippen LogP contribution in [0, 0.1) is 5.41 Å². The van der Waals surface area contributed by atoms with Crippen LogP contribution in [-0.2, 0) is 6.42 Å². The maximum Gasteiger partial charge on any atom is 0.165 e. The lowest BCUT2D eigenvalue weighted by Gasteiger charge is -2.28. The zero-order valence-electron chi connectivity index (χ0n) is 11.8. The molecule has 0 amide bonds. The SMILES string of the molecule is CC1(C)CC(=O)c2c([nH]c3ccc4ccccc4c23)C1. The highest BCUT2D eigenvalue weighted by Crippen LogP contribution is 2.40. The number of rotatable bonds is 0. The highest BCUT2D eigenvalue weighted by molar-refractivity contribution is 6.19. The zero-order chi connectivity index (χ0) is 13.9. The molecule has 0 radical (unpaired) electrons. The van der Waals surface area contributed by atoms with E-state index in [0.717, 1.165) is 28.6 Å². The number of hydrogen-bond donors (Lipinski definition) is 1. The Bertz CT molecular complexity index is 854. The molecular weight excluding hydrogens is 246 g/mol. The van der Waals surface area contributed by atoms with Gasteiger partial charge in [0.05, 0.1) is 0 Å². The molecule has 20 heavy (non-hydrogen) atoms. The van der Waals surface area contributed by atoms with Gasteiger partial charge in [-0.2, -0.15) is 0 Å². The summed E-state index contributed by atoms with van der Waals surface area (Å²) in [7, 11) is 0. The van der Waals surface area contributed by atoms with Gasteiger partial charge >= 0.3 is 0 Å². The average molecular weight is 263 g/mol. The van der Waals surface area contributed by atoms with E-state index < -0.39 is 0 Å².